The molecular weight excluding hydrogens is 395 g/mol. The van der Waals surface area contributed by atoms with Crippen LogP contribution in [0, 0.1) is 24.7 Å². The van der Waals surface area contributed by atoms with Crippen molar-refractivity contribution in [3.63, 3.8) is 0 Å². The molecule has 6 heteroatoms. The van der Waals surface area contributed by atoms with Crippen molar-refractivity contribution in [2.45, 2.75) is 0 Å². The molecular formula is C6H2AtCl2N3. The van der Waals surface area contributed by atoms with Gasteiger partial charge in [-0.05, 0) is 0 Å². The predicted octanol–water partition coefficient (Wildman–Crippen LogP) is 1.21. The third-order valence-corrected chi connectivity index (χ3v) is 2.88. The molecule has 62 valence electrons. The average molecular weight is 397 g/mol. The van der Waals surface area contributed by atoms with Crippen LogP contribution in [0.1, 0.15) is 0 Å². The molecule has 0 aliphatic heterocycles. The normalized spacial score (nSPS) is 10.9. The van der Waals surface area contributed by atoms with Crippen molar-refractivity contribution in [3.8, 4) is 0 Å². The van der Waals surface area contributed by atoms with Crippen molar-refractivity contribution in [2.75, 3.05) is 0 Å². The van der Waals surface area contributed by atoms with Gasteiger partial charge in [0.1, 0.15) is 0 Å². The van der Waals surface area contributed by atoms with Crippen molar-refractivity contribution in [1.29, 1.82) is 0 Å². The second-order valence-electron chi connectivity index (χ2n) is 2.14. The molecule has 0 fully saturated rings. The number of imidazole rings is 1. The summed E-state index contributed by atoms with van der Waals surface area (Å²) < 4.78 is 2.61. The second-order valence-corrected chi connectivity index (χ2v) is 4.17. The summed E-state index contributed by atoms with van der Waals surface area (Å²) in [5, 5.41) is 0.742. The molecule has 2 aromatic heterocycles. The minimum absolute atomic E-state index is 0.354. The molecule has 0 N–H and O–H groups in total. The van der Waals surface area contributed by atoms with Crippen LogP contribution in [0.4, 0.5) is 0 Å². The zero-order chi connectivity index (χ0) is 8.72. The van der Waals surface area contributed by atoms with Gasteiger partial charge >= 0.3 is 94.0 Å². The van der Waals surface area contributed by atoms with Crippen LogP contribution in [-0.4, -0.2) is 14.4 Å². The van der Waals surface area contributed by atoms with Crippen LogP contribution in [0.3, 0.4) is 0 Å². The van der Waals surface area contributed by atoms with E-state index >= 15 is 0 Å². The fraction of sp³-hybridized carbons (Fsp3) is 0. The zero-order valence-electron chi connectivity index (χ0n) is 5.63. The molecule has 0 bridgehead atoms. The molecule has 0 aliphatic carbocycles. The molecule has 0 saturated carbocycles. The minimum atomic E-state index is 0.354. The molecule has 2 heterocycles. The summed E-state index contributed by atoms with van der Waals surface area (Å²) in [5.74, 6) is 0. The molecule has 0 unspecified atom stereocenters. The summed E-state index contributed by atoms with van der Waals surface area (Å²) >= 11 is 13.0. The number of rotatable bonds is 0. The molecule has 0 spiro atoms. The summed E-state index contributed by atoms with van der Waals surface area (Å²) in [6, 6.07) is 1.72. The molecule has 0 amide bonds. The number of hydrogen-bond donors (Lipinski definition) is 0. The Kier molecular flexibility index (Phi) is 2.24. The molecule has 2 aromatic rings. The van der Waals surface area contributed by atoms with Crippen molar-refractivity contribution in [3.05, 3.63) is 22.7 Å². The Morgan fingerprint density at radius 3 is 2.92 bits per heavy atom. The second kappa shape index (κ2) is 3.09. The van der Waals surface area contributed by atoms with E-state index in [2.05, 4.69) is 9.97 Å². The van der Waals surface area contributed by atoms with E-state index in [1.807, 2.05) is 0 Å². The van der Waals surface area contributed by atoms with E-state index in [1.54, 1.807) is 16.7 Å². The molecule has 0 aliphatic rings. The van der Waals surface area contributed by atoms with Gasteiger partial charge in [0.2, 0.25) is 0 Å². The van der Waals surface area contributed by atoms with Gasteiger partial charge in [0, 0.05) is 0 Å². The van der Waals surface area contributed by atoms with Gasteiger partial charge in [-0.2, -0.15) is 0 Å². The number of fused-ring (bicyclic) bond motifs is 1. The summed E-state index contributed by atoms with van der Waals surface area (Å²) in [5.41, 5.74) is 0.873. The first kappa shape index (κ1) is 8.67. The topological polar surface area (TPSA) is 30.2 Å². The van der Waals surface area contributed by atoms with Gasteiger partial charge in [-0.15, -0.1) is 0 Å². The van der Waals surface area contributed by atoms with E-state index in [0.717, 1.165) is 9.05 Å². The first-order valence-electron chi connectivity index (χ1n) is 3.03. The molecule has 0 aromatic carbocycles. The maximum absolute atomic E-state index is 5.85. The summed E-state index contributed by atoms with van der Waals surface area (Å²) in [6.07, 6.45) is 1.72. The number of nitrogens with zero attached hydrogens (tertiary/aromatic N) is 3. The predicted molar refractivity (Wildman–Crippen MR) is 42.6 cm³/mol. The number of aromatic nitrogens is 3. The van der Waals surface area contributed by atoms with Crippen LogP contribution in [0.15, 0.2) is 12.3 Å². The number of hydrogen-bond acceptors (Lipinski definition) is 2. The van der Waals surface area contributed by atoms with E-state index in [0.29, 0.717) is 10.4 Å². The summed E-state index contributed by atoms with van der Waals surface area (Å²) in [7, 11) is 0. The molecule has 0 atom stereocenters. The molecule has 12 heavy (non-hydrogen) atoms. The molecule has 3 nitrogen and oxygen atoms in total. The van der Waals surface area contributed by atoms with Gasteiger partial charge in [0.05, 0.1) is 0 Å². The van der Waals surface area contributed by atoms with E-state index in [-0.39, 0.29) is 0 Å². The van der Waals surface area contributed by atoms with Crippen molar-refractivity contribution < 1.29 is 24.7 Å². The van der Waals surface area contributed by atoms with Crippen LogP contribution in [0.25, 0.3) is 5.52 Å². The van der Waals surface area contributed by atoms with E-state index in [4.69, 9.17) is 23.2 Å². The van der Waals surface area contributed by atoms with Crippen LogP contribution in [0.5, 0.6) is 0 Å². The Hall–Kier alpha value is 0.0831. The third-order valence-electron chi connectivity index (χ3n) is 1.40. The van der Waals surface area contributed by atoms with Crippen LogP contribution in [0.2, 0.25) is 10.4 Å². The Morgan fingerprint density at radius 1 is 1.42 bits per heavy atom. The first-order chi connectivity index (χ1) is 5.68. The average Bonchev–Trinajstić information content (AvgIpc) is 2.31. The van der Waals surface area contributed by atoms with Gasteiger partial charge in [-0.1, -0.05) is 0 Å². The standard InChI is InChI=1S/C6H2AtCl2N3/c7-5-10-2-3-1-4(8)11-6(9)12(3)5/h1-2H. The van der Waals surface area contributed by atoms with Crippen LogP contribution in [-0.2, 0) is 0 Å². The van der Waals surface area contributed by atoms with E-state index < -0.39 is 0 Å². The maximum atomic E-state index is 5.85. The third kappa shape index (κ3) is 1.32. The summed E-state index contributed by atoms with van der Waals surface area (Å²) in [4.78, 5) is 8.00. The Bertz CT molecular complexity index is 440. The Morgan fingerprint density at radius 2 is 2.17 bits per heavy atom. The number of halogens is 2. The zero-order valence-corrected chi connectivity index (χ0v) is 10.1. The van der Waals surface area contributed by atoms with Crippen molar-refractivity contribution >= 4 is 32.3 Å². The van der Waals surface area contributed by atoms with Gasteiger partial charge in [0.25, 0.3) is 0 Å². The van der Waals surface area contributed by atoms with E-state index in [1.165, 1.54) is 24.7 Å². The van der Waals surface area contributed by atoms with Crippen LogP contribution < -0.4 is 3.53 Å². The summed E-state index contributed by atoms with van der Waals surface area (Å²) in [6.45, 7) is 0. The molecule has 0 radical (unpaired) electrons. The Balaban J connectivity index is 2.93. The van der Waals surface area contributed by atoms with Gasteiger partial charge in [0.15, 0.2) is 0 Å². The first-order valence-corrected chi connectivity index (χ1v) is 5.26. The quantitative estimate of drug-likeness (QED) is 0.495. The fourth-order valence-electron chi connectivity index (χ4n) is 0.918. The van der Waals surface area contributed by atoms with Crippen LogP contribution >= 0.6 is 23.2 Å². The molecule has 2 rings (SSSR count). The fourth-order valence-corrected chi connectivity index (χ4v) is 2.50. The van der Waals surface area contributed by atoms with E-state index in [9.17, 15) is 0 Å². The monoisotopic (exact) mass is 396 g/mol. The van der Waals surface area contributed by atoms with Gasteiger partial charge < -0.3 is 0 Å². The van der Waals surface area contributed by atoms with Crippen molar-refractivity contribution in [1.82, 2.24) is 14.4 Å². The SMILES string of the molecule is Clc1cc2cnc([At])n2c(Cl)n1. The molecule has 0 saturated heterocycles. The van der Waals surface area contributed by atoms with Gasteiger partial charge in [-0.25, -0.2) is 0 Å². The Labute approximate surface area is 93.6 Å². The van der Waals surface area contributed by atoms with Crippen molar-refractivity contribution in [2.24, 2.45) is 0 Å². The van der Waals surface area contributed by atoms with Gasteiger partial charge in [-0.3, -0.25) is 0 Å².